The number of nitrogens with two attached hydrogens (primary N) is 1. The minimum Gasteiger partial charge on any atom is -0.492 e. The van der Waals surface area contributed by atoms with E-state index < -0.39 is 0 Å². The van der Waals surface area contributed by atoms with E-state index >= 15 is 0 Å². The Hall–Kier alpha value is -2.42. The predicted octanol–water partition coefficient (Wildman–Crippen LogP) is 3.92. The number of thiophene rings is 1. The Morgan fingerprint density at radius 1 is 1.28 bits per heavy atom. The van der Waals surface area contributed by atoms with Crippen molar-refractivity contribution in [3.63, 3.8) is 0 Å². The van der Waals surface area contributed by atoms with E-state index in [-0.39, 0.29) is 5.97 Å². The quantitative estimate of drug-likeness (QED) is 0.537. The van der Waals surface area contributed by atoms with Crippen molar-refractivity contribution in [1.82, 2.24) is 14.9 Å². The van der Waals surface area contributed by atoms with Gasteiger partial charge in [0, 0.05) is 11.6 Å². The summed E-state index contributed by atoms with van der Waals surface area (Å²) in [4.78, 5) is 24.4. The van der Waals surface area contributed by atoms with Crippen LogP contribution in [0.3, 0.4) is 0 Å². The molecule has 0 saturated carbocycles. The Kier molecular flexibility index (Phi) is 6.89. The molecule has 2 heterocycles. The zero-order valence-electron chi connectivity index (χ0n) is 16.6. The molecule has 29 heavy (non-hydrogen) atoms. The first-order valence-corrected chi connectivity index (χ1v) is 10.4. The third-order valence-corrected chi connectivity index (χ3v) is 5.71. The Labute approximate surface area is 178 Å². The van der Waals surface area contributed by atoms with Crippen molar-refractivity contribution in [3.8, 4) is 5.75 Å². The normalized spacial score (nSPS) is 11.2. The molecule has 154 valence electrons. The molecule has 0 spiro atoms. The van der Waals surface area contributed by atoms with Gasteiger partial charge in [-0.3, -0.25) is 4.90 Å². The molecule has 3 rings (SSSR count). The molecule has 0 aliphatic heterocycles. The van der Waals surface area contributed by atoms with E-state index in [0.29, 0.717) is 52.7 Å². The van der Waals surface area contributed by atoms with Crippen molar-refractivity contribution in [2.24, 2.45) is 0 Å². The number of esters is 1. The highest BCUT2D eigenvalue weighted by molar-refractivity contribution is 7.20. The number of carbonyl (C=O) groups is 1. The molecule has 1 aromatic carbocycles. The van der Waals surface area contributed by atoms with E-state index in [4.69, 9.17) is 26.8 Å². The predicted molar refractivity (Wildman–Crippen MR) is 116 cm³/mol. The summed E-state index contributed by atoms with van der Waals surface area (Å²) in [7, 11) is 1.96. The summed E-state index contributed by atoms with van der Waals surface area (Å²) in [5.74, 6) is 1.39. The van der Waals surface area contributed by atoms with E-state index in [1.807, 2.05) is 31.0 Å². The van der Waals surface area contributed by atoms with E-state index in [1.165, 1.54) is 11.3 Å². The zero-order chi connectivity index (χ0) is 21.0. The van der Waals surface area contributed by atoms with Crippen LogP contribution in [0.4, 0.5) is 5.82 Å². The number of likely N-dealkylation sites (N-methyl/N-ethyl adjacent to an activating group) is 1. The number of nitrogens with zero attached hydrogens (tertiary/aromatic N) is 3. The summed E-state index contributed by atoms with van der Waals surface area (Å²) >= 11 is 7.16. The number of nitrogen functional groups attached to an aromatic ring is 1. The molecule has 2 N–H and O–H groups in total. The van der Waals surface area contributed by atoms with Crippen LogP contribution in [0.5, 0.6) is 5.75 Å². The van der Waals surface area contributed by atoms with Gasteiger partial charge in [-0.15, -0.1) is 11.3 Å². The van der Waals surface area contributed by atoms with Crippen LogP contribution >= 0.6 is 22.9 Å². The molecule has 3 aromatic rings. The van der Waals surface area contributed by atoms with Crippen molar-refractivity contribution in [3.05, 3.63) is 45.6 Å². The summed E-state index contributed by atoms with van der Waals surface area (Å²) in [6.45, 7) is 5.64. The zero-order valence-corrected chi connectivity index (χ0v) is 18.1. The number of benzene rings is 1. The number of rotatable bonds is 8. The largest absolute Gasteiger partial charge is 0.492 e. The van der Waals surface area contributed by atoms with Crippen molar-refractivity contribution in [2.75, 3.05) is 32.5 Å². The number of aryl methyl sites for hydroxylation is 1. The van der Waals surface area contributed by atoms with Crippen LogP contribution in [-0.4, -0.2) is 47.6 Å². The number of anilines is 1. The molecule has 0 bridgehead atoms. The van der Waals surface area contributed by atoms with Crippen LogP contribution in [0.15, 0.2) is 24.3 Å². The van der Waals surface area contributed by atoms with Gasteiger partial charge in [-0.2, -0.15) is 0 Å². The maximum atomic E-state index is 12.1. The average molecular weight is 435 g/mol. The number of carbonyl (C=O) groups excluding carboxylic acids is 1. The first kappa shape index (κ1) is 21.3. The third kappa shape index (κ3) is 5.14. The minimum atomic E-state index is -0.356. The summed E-state index contributed by atoms with van der Waals surface area (Å²) in [6, 6.07) is 7.25. The molecule has 0 radical (unpaired) electrons. The number of ether oxygens (including phenoxy) is 2. The summed E-state index contributed by atoms with van der Waals surface area (Å²) < 4.78 is 10.8. The van der Waals surface area contributed by atoms with Crippen LogP contribution < -0.4 is 10.5 Å². The lowest BCUT2D eigenvalue weighted by molar-refractivity contribution is 0.0531. The van der Waals surface area contributed by atoms with Crippen molar-refractivity contribution in [1.29, 1.82) is 0 Å². The lowest BCUT2D eigenvalue weighted by atomic mass is 10.2. The third-order valence-electron chi connectivity index (χ3n) is 4.29. The molecule has 0 fully saturated rings. The van der Waals surface area contributed by atoms with Gasteiger partial charge in [0.05, 0.1) is 18.5 Å². The minimum absolute atomic E-state index is 0.321. The highest BCUT2D eigenvalue weighted by atomic mass is 35.5. The summed E-state index contributed by atoms with van der Waals surface area (Å²) in [5.41, 5.74) is 6.92. The van der Waals surface area contributed by atoms with Crippen LogP contribution in [0.2, 0.25) is 5.02 Å². The van der Waals surface area contributed by atoms with E-state index in [2.05, 4.69) is 9.97 Å². The lowest BCUT2D eigenvalue weighted by Crippen LogP contribution is -2.25. The van der Waals surface area contributed by atoms with Gasteiger partial charge in [-0.1, -0.05) is 11.6 Å². The number of fused-ring (bicyclic) bond motifs is 1. The highest BCUT2D eigenvalue weighted by Gasteiger charge is 2.20. The van der Waals surface area contributed by atoms with Gasteiger partial charge in [-0.25, -0.2) is 14.8 Å². The molecular formula is C20H23ClN4O3S. The highest BCUT2D eigenvalue weighted by Crippen LogP contribution is 2.33. The van der Waals surface area contributed by atoms with Crippen LogP contribution in [0, 0.1) is 6.92 Å². The number of aromatic nitrogens is 2. The molecule has 0 saturated heterocycles. The fraction of sp³-hybridized carbons (Fsp3) is 0.350. The second-order valence-corrected chi connectivity index (χ2v) is 7.96. The van der Waals surface area contributed by atoms with Gasteiger partial charge in [0.15, 0.2) is 0 Å². The first-order chi connectivity index (χ1) is 13.9. The van der Waals surface area contributed by atoms with E-state index in [9.17, 15) is 4.79 Å². The fourth-order valence-electron chi connectivity index (χ4n) is 2.85. The fourth-order valence-corrected chi connectivity index (χ4v) is 4.08. The average Bonchev–Trinajstić information content (AvgIpc) is 3.00. The van der Waals surface area contributed by atoms with E-state index in [1.54, 1.807) is 19.1 Å². The van der Waals surface area contributed by atoms with Crippen molar-refractivity contribution < 1.29 is 14.3 Å². The monoisotopic (exact) mass is 434 g/mol. The number of hydrogen-bond acceptors (Lipinski definition) is 8. The van der Waals surface area contributed by atoms with Gasteiger partial charge in [-0.05, 0) is 50.7 Å². The molecule has 0 unspecified atom stereocenters. The second kappa shape index (κ2) is 9.39. The molecule has 9 heteroatoms. The van der Waals surface area contributed by atoms with Crippen LogP contribution in [0.1, 0.15) is 28.0 Å². The Balaban J connectivity index is 1.66. The molecular weight excluding hydrogens is 412 g/mol. The molecule has 0 aliphatic carbocycles. The second-order valence-electron chi connectivity index (χ2n) is 6.52. The summed E-state index contributed by atoms with van der Waals surface area (Å²) in [6.07, 6.45) is 0. The van der Waals surface area contributed by atoms with Gasteiger partial charge < -0.3 is 15.2 Å². The number of halogens is 1. The maximum Gasteiger partial charge on any atom is 0.348 e. The van der Waals surface area contributed by atoms with Crippen LogP contribution in [0.25, 0.3) is 10.2 Å². The topological polar surface area (TPSA) is 90.6 Å². The molecule has 7 nitrogen and oxygen atoms in total. The van der Waals surface area contributed by atoms with Gasteiger partial charge in [0.2, 0.25) is 0 Å². The maximum absolute atomic E-state index is 12.1. The van der Waals surface area contributed by atoms with Gasteiger partial charge in [0.1, 0.15) is 33.7 Å². The molecule has 0 amide bonds. The molecule has 0 aliphatic rings. The Bertz CT molecular complexity index is 1010. The smallest absolute Gasteiger partial charge is 0.348 e. The van der Waals surface area contributed by atoms with Crippen LogP contribution in [-0.2, 0) is 11.3 Å². The summed E-state index contributed by atoms with van der Waals surface area (Å²) in [5, 5.41) is 1.39. The molecule has 2 aromatic heterocycles. The molecule has 0 atom stereocenters. The Morgan fingerprint density at radius 3 is 2.69 bits per heavy atom. The first-order valence-electron chi connectivity index (χ1n) is 9.18. The number of hydrogen-bond donors (Lipinski definition) is 1. The van der Waals surface area contributed by atoms with Crippen molar-refractivity contribution in [2.45, 2.75) is 20.4 Å². The van der Waals surface area contributed by atoms with E-state index in [0.717, 1.165) is 16.7 Å². The standard InChI is InChI=1S/C20H23ClN4O3S/c1-4-27-20(26)17-12(2)16-18(22)23-15(24-19(16)29-17)11-25(3)9-10-28-14-7-5-13(21)6-8-14/h5-8H,4,9-11H2,1-3H3,(H2,22,23,24). The SMILES string of the molecule is CCOC(=O)c1sc2nc(CN(C)CCOc3ccc(Cl)cc3)nc(N)c2c1C. The van der Waals surface area contributed by atoms with Crippen molar-refractivity contribution >= 4 is 44.9 Å². The van der Waals surface area contributed by atoms with Gasteiger partial charge >= 0.3 is 5.97 Å². The van der Waals surface area contributed by atoms with Gasteiger partial charge in [0.25, 0.3) is 0 Å². The lowest BCUT2D eigenvalue weighted by Gasteiger charge is -2.16. The Morgan fingerprint density at radius 2 is 2.00 bits per heavy atom.